The van der Waals surface area contributed by atoms with Crippen molar-refractivity contribution >= 4 is 5.91 Å². The van der Waals surface area contributed by atoms with Crippen molar-refractivity contribution in [3.05, 3.63) is 69.4 Å². The molecule has 3 heterocycles. The number of nitrogens with zero attached hydrogens (tertiary/aromatic N) is 2. The Labute approximate surface area is 184 Å². The van der Waals surface area contributed by atoms with Gasteiger partial charge in [0.25, 0.3) is 5.91 Å². The van der Waals surface area contributed by atoms with E-state index in [-0.39, 0.29) is 23.7 Å². The van der Waals surface area contributed by atoms with Gasteiger partial charge < -0.3 is 9.88 Å². The molecule has 2 N–H and O–H groups in total. The normalized spacial score (nSPS) is 22.6. The Hall–Kier alpha value is -2.65. The summed E-state index contributed by atoms with van der Waals surface area (Å²) in [5, 5.41) is 3.14. The lowest BCUT2D eigenvalue weighted by Crippen LogP contribution is -2.74. The lowest BCUT2D eigenvalue weighted by molar-refractivity contribution is -1.00. The van der Waals surface area contributed by atoms with Gasteiger partial charge in [0.2, 0.25) is 5.56 Å². The number of rotatable bonds is 4. The summed E-state index contributed by atoms with van der Waals surface area (Å²) in [5.41, 5.74) is 4.27. The predicted octanol–water partition coefficient (Wildman–Crippen LogP) is 2.77. The van der Waals surface area contributed by atoms with Crippen LogP contribution in [0.5, 0.6) is 0 Å². The summed E-state index contributed by atoms with van der Waals surface area (Å²) in [5.74, 6) is -4.05. The van der Waals surface area contributed by atoms with Crippen LogP contribution in [0.1, 0.15) is 48.0 Å². The van der Waals surface area contributed by atoms with Crippen LogP contribution >= 0.6 is 0 Å². The maximum Gasteiger partial charge on any atom is 0.257 e. The lowest BCUT2D eigenvalue weighted by Gasteiger charge is -2.51. The van der Waals surface area contributed by atoms with E-state index < -0.39 is 17.5 Å². The quantitative estimate of drug-likeness (QED) is 0.558. The highest BCUT2D eigenvalue weighted by molar-refractivity contribution is 5.93. The molecule has 1 spiro atoms. The fraction of sp³-hybridized carbons (Fsp3) is 0.478. The van der Waals surface area contributed by atoms with E-state index in [1.807, 2.05) is 0 Å². The number of carbonyl (C=O) groups is 1. The number of aryl methyl sites for hydroxylation is 1. The summed E-state index contributed by atoms with van der Waals surface area (Å²) >= 11 is 0. The first-order chi connectivity index (χ1) is 15.3. The highest BCUT2D eigenvalue weighted by Gasteiger charge is 2.45. The van der Waals surface area contributed by atoms with Gasteiger partial charge in [-0.2, -0.15) is 5.43 Å². The van der Waals surface area contributed by atoms with Gasteiger partial charge in [0.05, 0.1) is 24.7 Å². The van der Waals surface area contributed by atoms with Gasteiger partial charge in [0, 0.05) is 25.7 Å². The minimum atomic E-state index is -1.45. The van der Waals surface area contributed by atoms with Gasteiger partial charge in [-0.05, 0) is 55.9 Å². The highest BCUT2D eigenvalue weighted by atomic mass is 19.2. The van der Waals surface area contributed by atoms with Crippen LogP contribution in [0.4, 0.5) is 13.2 Å². The maximum atomic E-state index is 13.7. The molecule has 2 atom stereocenters. The van der Waals surface area contributed by atoms with Crippen LogP contribution in [0, 0.1) is 17.5 Å². The smallest absolute Gasteiger partial charge is 0.257 e. The standard InChI is InChI=1S/C23H27F3N4O2/c1-29-14-16(5-8-21(29)31)23(32)27-20-7-6-17(28-30(20)9-3-2-4-10-30)11-15-12-18(24)22(26)19(25)13-15/h5,8,12-14,17,20,28H,2-4,6-7,9-11H2,1H3/p+1. The van der Waals surface area contributed by atoms with Crippen molar-refractivity contribution in [2.75, 3.05) is 13.1 Å². The Balaban J connectivity index is 1.50. The Kier molecular flexibility index (Phi) is 6.39. The Morgan fingerprint density at radius 1 is 1.12 bits per heavy atom. The molecular weight excluding hydrogens is 421 g/mol. The van der Waals surface area contributed by atoms with Gasteiger partial charge in [-0.1, -0.05) is 0 Å². The number of hydrogen-bond donors (Lipinski definition) is 2. The molecule has 2 aliphatic heterocycles. The highest BCUT2D eigenvalue weighted by Crippen LogP contribution is 2.29. The Morgan fingerprint density at radius 2 is 1.81 bits per heavy atom. The fourth-order valence-corrected chi connectivity index (χ4v) is 4.96. The molecule has 172 valence electrons. The molecule has 2 saturated heterocycles. The van der Waals surface area contributed by atoms with Gasteiger partial charge >= 0.3 is 0 Å². The third-order valence-electron chi connectivity index (χ3n) is 6.61. The number of nitrogens with one attached hydrogen (secondary N) is 2. The lowest BCUT2D eigenvalue weighted by atomic mass is 9.96. The van der Waals surface area contributed by atoms with Crippen molar-refractivity contribution < 1.29 is 22.6 Å². The van der Waals surface area contributed by atoms with Crippen molar-refractivity contribution in [3.63, 3.8) is 0 Å². The topological polar surface area (TPSA) is 63.1 Å². The molecule has 1 aromatic carbocycles. The zero-order chi connectivity index (χ0) is 22.9. The number of halogens is 3. The van der Waals surface area contributed by atoms with E-state index in [1.54, 1.807) is 7.05 Å². The van der Waals surface area contributed by atoms with Crippen molar-refractivity contribution in [1.29, 1.82) is 0 Å². The second-order valence-corrected chi connectivity index (χ2v) is 8.88. The van der Waals surface area contributed by atoms with E-state index in [9.17, 15) is 22.8 Å². The molecule has 9 heteroatoms. The minimum Gasteiger partial charge on any atom is -0.318 e. The molecule has 2 aliphatic rings. The molecule has 0 bridgehead atoms. The number of quaternary nitrogens is 1. The number of carbonyl (C=O) groups excluding carboxylic acids is 1. The van der Waals surface area contributed by atoms with Gasteiger partial charge in [-0.3, -0.25) is 9.59 Å². The van der Waals surface area contributed by atoms with E-state index in [1.165, 1.54) is 22.9 Å². The number of pyridine rings is 1. The fourth-order valence-electron chi connectivity index (χ4n) is 4.96. The molecule has 0 radical (unpaired) electrons. The Bertz CT molecular complexity index is 1040. The number of benzene rings is 1. The molecule has 1 amide bonds. The SMILES string of the molecule is Cn1cc(C(=O)NC2CCC(Cc3cc(F)c(F)c(F)c3)N[N+]23CCCCC3)ccc1=O. The molecule has 4 rings (SSSR count). The first kappa shape index (κ1) is 22.5. The second kappa shape index (κ2) is 9.07. The van der Waals surface area contributed by atoms with E-state index in [0.717, 1.165) is 44.5 Å². The van der Waals surface area contributed by atoms with Crippen LogP contribution in [-0.2, 0) is 13.5 Å². The van der Waals surface area contributed by atoms with Crippen LogP contribution in [0.2, 0.25) is 0 Å². The first-order valence-corrected chi connectivity index (χ1v) is 11.0. The summed E-state index contributed by atoms with van der Waals surface area (Å²) < 4.78 is 42.5. The average molecular weight is 449 g/mol. The summed E-state index contributed by atoms with van der Waals surface area (Å²) in [6.45, 7) is 1.67. The van der Waals surface area contributed by atoms with E-state index >= 15 is 0 Å². The summed E-state index contributed by atoms with van der Waals surface area (Å²) in [6, 6.07) is 4.94. The van der Waals surface area contributed by atoms with E-state index in [4.69, 9.17) is 0 Å². The molecule has 2 fully saturated rings. The largest absolute Gasteiger partial charge is 0.318 e. The third kappa shape index (κ3) is 4.59. The average Bonchev–Trinajstić information content (AvgIpc) is 2.76. The molecule has 32 heavy (non-hydrogen) atoms. The van der Waals surface area contributed by atoms with Crippen LogP contribution in [-0.4, -0.2) is 40.4 Å². The summed E-state index contributed by atoms with van der Waals surface area (Å²) in [4.78, 5) is 24.5. The molecule has 1 aromatic heterocycles. The molecule has 2 unspecified atom stereocenters. The van der Waals surface area contributed by atoms with Crippen LogP contribution in [0.25, 0.3) is 0 Å². The van der Waals surface area contributed by atoms with E-state index in [0.29, 0.717) is 35.0 Å². The second-order valence-electron chi connectivity index (χ2n) is 8.88. The first-order valence-electron chi connectivity index (χ1n) is 11.0. The van der Waals surface area contributed by atoms with Crippen LogP contribution < -0.4 is 16.3 Å². The number of piperidine rings is 1. The monoisotopic (exact) mass is 449 g/mol. The van der Waals surface area contributed by atoms with Crippen molar-refractivity contribution in [2.24, 2.45) is 7.05 Å². The van der Waals surface area contributed by atoms with Gasteiger partial charge in [0.15, 0.2) is 23.6 Å². The number of amides is 1. The molecule has 0 saturated carbocycles. The predicted molar refractivity (Wildman–Crippen MR) is 113 cm³/mol. The molecule has 2 aromatic rings. The summed E-state index contributed by atoms with van der Waals surface area (Å²) in [7, 11) is 1.60. The van der Waals surface area contributed by atoms with Crippen molar-refractivity contribution in [2.45, 2.75) is 50.7 Å². The molecule has 6 nitrogen and oxygen atoms in total. The summed E-state index contributed by atoms with van der Waals surface area (Å²) in [6.07, 6.45) is 6.25. The van der Waals surface area contributed by atoms with Crippen molar-refractivity contribution in [1.82, 2.24) is 15.3 Å². The van der Waals surface area contributed by atoms with Crippen LogP contribution in [0.15, 0.2) is 35.3 Å². The minimum absolute atomic E-state index is 0.0527. The Morgan fingerprint density at radius 3 is 2.47 bits per heavy atom. The van der Waals surface area contributed by atoms with Gasteiger partial charge in [-0.25, -0.2) is 17.8 Å². The maximum absolute atomic E-state index is 13.7. The molecule has 0 aliphatic carbocycles. The zero-order valence-electron chi connectivity index (χ0n) is 18.0. The van der Waals surface area contributed by atoms with E-state index in [2.05, 4.69) is 10.7 Å². The van der Waals surface area contributed by atoms with Gasteiger partial charge in [0.1, 0.15) is 0 Å². The third-order valence-corrected chi connectivity index (χ3v) is 6.61. The molecular formula is C23H28F3N4O2+. The van der Waals surface area contributed by atoms with Crippen LogP contribution in [0.3, 0.4) is 0 Å². The van der Waals surface area contributed by atoms with Crippen molar-refractivity contribution in [3.8, 4) is 0 Å². The number of hydrogen-bond acceptors (Lipinski definition) is 3. The zero-order valence-corrected chi connectivity index (χ0v) is 18.0. The number of aromatic nitrogens is 1. The van der Waals surface area contributed by atoms with Gasteiger partial charge in [-0.15, -0.1) is 0 Å².